The summed E-state index contributed by atoms with van der Waals surface area (Å²) in [5, 5.41) is 6.91. The number of hydrogen-bond donors (Lipinski definition) is 2. The second-order valence-corrected chi connectivity index (χ2v) is 9.65. The Morgan fingerprint density at radius 1 is 1.17 bits per heavy atom. The zero-order chi connectivity index (χ0) is 25.2. The normalized spacial score (nSPS) is 14.6. The molecule has 9 nitrogen and oxygen atoms in total. The molecule has 0 unspecified atom stereocenters. The van der Waals surface area contributed by atoms with Crippen LogP contribution in [0.3, 0.4) is 0 Å². The number of rotatable bonds is 7. The van der Waals surface area contributed by atoms with E-state index in [9.17, 15) is 4.39 Å². The summed E-state index contributed by atoms with van der Waals surface area (Å²) in [6.07, 6.45) is 9.06. The molecule has 36 heavy (non-hydrogen) atoms. The molecular weight excluding hydrogens is 457 g/mol. The maximum Gasteiger partial charge on any atom is 0.142 e. The first-order chi connectivity index (χ1) is 17.4. The first-order valence-electron chi connectivity index (χ1n) is 12.2. The molecule has 0 saturated carbocycles. The molecule has 4 aromatic rings. The van der Waals surface area contributed by atoms with Crippen LogP contribution in [0.4, 0.5) is 16.0 Å². The van der Waals surface area contributed by atoms with Crippen molar-refractivity contribution in [2.75, 3.05) is 44.4 Å². The molecule has 1 fully saturated rings. The summed E-state index contributed by atoms with van der Waals surface area (Å²) in [7, 11) is 4.15. The molecule has 0 atom stereocenters. The third-order valence-corrected chi connectivity index (χ3v) is 6.85. The number of imidazole rings is 1. The van der Waals surface area contributed by atoms with Crippen LogP contribution in [-0.4, -0.2) is 68.3 Å². The van der Waals surface area contributed by atoms with Crippen LogP contribution >= 0.6 is 0 Å². The number of piperidine rings is 1. The molecule has 3 aromatic heterocycles. The highest BCUT2D eigenvalue weighted by Gasteiger charge is 2.28. The fraction of sp³-hybridized carbons (Fsp3) is 0.385. The predicted molar refractivity (Wildman–Crippen MR) is 139 cm³/mol. The molecule has 1 saturated heterocycles. The van der Waals surface area contributed by atoms with Gasteiger partial charge >= 0.3 is 0 Å². The molecule has 0 bridgehead atoms. The first kappa shape index (κ1) is 23.9. The first-order valence-corrected chi connectivity index (χ1v) is 12.2. The van der Waals surface area contributed by atoms with E-state index in [1.54, 1.807) is 13.1 Å². The monoisotopic (exact) mass is 489 g/mol. The van der Waals surface area contributed by atoms with Gasteiger partial charge in [0.15, 0.2) is 0 Å². The Kier molecular flexibility index (Phi) is 6.69. The van der Waals surface area contributed by atoms with Gasteiger partial charge in [-0.1, -0.05) is 0 Å². The van der Waals surface area contributed by atoms with Crippen molar-refractivity contribution in [1.29, 1.82) is 0 Å². The predicted octanol–water partition coefficient (Wildman–Crippen LogP) is 3.71. The summed E-state index contributed by atoms with van der Waals surface area (Å²) in [5.74, 6) is 2.49. The zero-order valence-electron chi connectivity index (χ0n) is 20.9. The summed E-state index contributed by atoms with van der Waals surface area (Å²) < 4.78 is 16.1. The van der Waals surface area contributed by atoms with E-state index in [1.165, 1.54) is 12.4 Å². The zero-order valence-corrected chi connectivity index (χ0v) is 20.9. The van der Waals surface area contributed by atoms with E-state index < -0.39 is 0 Å². The van der Waals surface area contributed by atoms with E-state index in [1.807, 2.05) is 18.3 Å². The topological polar surface area (TPSA) is 105 Å². The SMILES string of the molecule is Cc1cc(-c2cn(CCN(C)C)c(C3CCN(c4ncnc(N)c4-c4cn[nH]c4)CC3)n2)ccc1F. The van der Waals surface area contributed by atoms with Gasteiger partial charge in [0, 0.05) is 55.6 Å². The maximum atomic E-state index is 13.9. The van der Waals surface area contributed by atoms with Crippen LogP contribution in [0.1, 0.15) is 30.1 Å². The molecule has 0 amide bonds. The van der Waals surface area contributed by atoms with Crippen LogP contribution in [-0.2, 0) is 6.54 Å². The van der Waals surface area contributed by atoms with Crippen LogP contribution in [0.2, 0.25) is 0 Å². The maximum absolute atomic E-state index is 13.9. The van der Waals surface area contributed by atoms with Gasteiger partial charge in [0.25, 0.3) is 0 Å². The molecule has 4 heterocycles. The number of likely N-dealkylation sites (N-methyl/N-ethyl adjacent to an activating group) is 1. The molecule has 0 radical (unpaired) electrons. The van der Waals surface area contributed by atoms with E-state index >= 15 is 0 Å². The lowest BCUT2D eigenvalue weighted by Gasteiger charge is -2.33. The molecule has 5 rings (SSSR count). The summed E-state index contributed by atoms with van der Waals surface area (Å²) in [5.41, 5.74) is 10.4. The van der Waals surface area contributed by atoms with E-state index in [4.69, 9.17) is 10.7 Å². The number of halogens is 1. The minimum absolute atomic E-state index is 0.196. The smallest absolute Gasteiger partial charge is 0.142 e. The van der Waals surface area contributed by atoms with Crippen molar-refractivity contribution in [2.45, 2.75) is 32.2 Å². The van der Waals surface area contributed by atoms with E-state index in [0.717, 1.165) is 73.0 Å². The van der Waals surface area contributed by atoms with Crippen molar-refractivity contribution in [3.8, 4) is 22.4 Å². The standard InChI is InChI=1S/C26H32FN9/c1-17-12-19(4-5-21(17)27)22-15-36(11-10-34(2)3)25(33-22)18-6-8-35(9-7-18)26-23(20-13-31-32-14-20)24(28)29-16-30-26/h4-5,12-16,18H,6-11H2,1-3H3,(H,31,32)(H2,28,29,30). The number of nitrogen functional groups attached to an aromatic ring is 1. The third-order valence-electron chi connectivity index (χ3n) is 6.85. The summed E-state index contributed by atoms with van der Waals surface area (Å²) in [6.45, 7) is 5.21. The molecule has 10 heteroatoms. The summed E-state index contributed by atoms with van der Waals surface area (Å²) in [6, 6.07) is 5.20. The van der Waals surface area contributed by atoms with Crippen molar-refractivity contribution in [3.63, 3.8) is 0 Å². The van der Waals surface area contributed by atoms with Crippen molar-refractivity contribution in [3.05, 3.63) is 60.3 Å². The Bertz CT molecular complexity index is 1320. The molecule has 0 spiro atoms. The van der Waals surface area contributed by atoms with Gasteiger partial charge in [0.1, 0.15) is 29.6 Å². The number of hydrogen-bond acceptors (Lipinski definition) is 7. The number of anilines is 2. The molecule has 3 N–H and O–H groups in total. The van der Waals surface area contributed by atoms with Crippen molar-refractivity contribution >= 4 is 11.6 Å². The highest BCUT2D eigenvalue weighted by molar-refractivity contribution is 5.83. The van der Waals surface area contributed by atoms with E-state index in [0.29, 0.717) is 17.3 Å². The average molecular weight is 490 g/mol. The van der Waals surface area contributed by atoms with Gasteiger partial charge in [0.2, 0.25) is 0 Å². The average Bonchev–Trinajstić information content (AvgIpc) is 3.55. The van der Waals surface area contributed by atoms with Gasteiger partial charge in [0.05, 0.1) is 17.5 Å². The Balaban J connectivity index is 1.39. The molecule has 0 aliphatic carbocycles. The molecule has 188 valence electrons. The number of aryl methyl sites for hydroxylation is 1. The molecule has 1 aliphatic heterocycles. The molecular formula is C26H32FN9. The lowest BCUT2D eigenvalue weighted by Crippen LogP contribution is -2.35. The number of nitrogens with two attached hydrogens (primary N) is 1. The third kappa shape index (κ3) is 4.81. The minimum Gasteiger partial charge on any atom is -0.383 e. The van der Waals surface area contributed by atoms with Gasteiger partial charge in [-0.05, 0) is 57.6 Å². The Morgan fingerprint density at radius 3 is 2.67 bits per heavy atom. The Labute approximate surface area is 210 Å². The van der Waals surface area contributed by atoms with Gasteiger partial charge in [-0.2, -0.15) is 5.10 Å². The second-order valence-electron chi connectivity index (χ2n) is 9.65. The van der Waals surface area contributed by atoms with Crippen molar-refractivity contribution < 1.29 is 4.39 Å². The number of aromatic nitrogens is 6. The van der Waals surface area contributed by atoms with Gasteiger partial charge in [-0.25, -0.2) is 19.3 Å². The van der Waals surface area contributed by atoms with Crippen LogP contribution in [0.5, 0.6) is 0 Å². The minimum atomic E-state index is -0.196. The largest absolute Gasteiger partial charge is 0.383 e. The molecule has 1 aromatic carbocycles. The summed E-state index contributed by atoms with van der Waals surface area (Å²) >= 11 is 0. The quantitative estimate of drug-likeness (QED) is 0.408. The fourth-order valence-corrected chi connectivity index (χ4v) is 4.83. The lowest BCUT2D eigenvalue weighted by atomic mass is 9.95. The van der Waals surface area contributed by atoms with Gasteiger partial charge in [-0.3, -0.25) is 5.10 Å². The van der Waals surface area contributed by atoms with E-state index in [-0.39, 0.29) is 5.82 Å². The number of H-pyrrole nitrogens is 1. The van der Waals surface area contributed by atoms with Crippen molar-refractivity contribution in [1.82, 2.24) is 34.6 Å². The Morgan fingerprint density at radius 2 is 1.97 bits per heavy atom. The fourth-order valence-electron chi connectivity index (χ4n) is 4.83. The number of nitrogens with one attached hydrogen (secondary N) is 1. The van der Waals surface area contributed by atoms with Crippen LogP contribution in [0.25, 0.3) is 22.4 Å². The highest BCUT2D eigenvalue weighted by Crippen LogP contribution is 2.36. The second kappa shape index (κ2) is 10.1. The number of nitrogens with zero attached hydrogens (tertiary/aromatic N) is 7. The Hall–Kier alpha value is -3.79. The van der Waals surface area contributed by atoms with Crippen molar-refractivity contribution in [2.24, 2.45) is 0 Å². The molecule has 1 aliphatic rings. The lowest BCUT2D eigenvalue weighted by molar-refractivity contribution is 0.372. The van der Waals surface area contributed by atoms with Crippen LogP contribution in [0.15, 0.2) is 43.1 Å². The number of benzene rings is 1. The van der Waals surface area contributed by atoms with Gasteiger partial charge in [-0.15, -0.1) is 0 Å². The number of aromatic amines is 1. The van der Waals surface area contributed by atoms with Crippen LogP contribution < -0.4 is 10.6 Å². The van der Waals surface area contributed by atoms with Crippen LogP contribution in [0, 0.1) is 12.7 Å². The van der Waals surface area contributed by atoms with Gasteiger partial charge < -0.3 is 20.1 Å². The highest BCUT2D eigenvalue weighted by atomic mass is 19.1. The van der Waals surface area contributed by atoms with E-state index in [2.05, 4.69) is 54.8 Å². The summed E-state index contributed by atoms with van der Waals surface area (Å²) in [4.78, 5) is 18.3.